The molecule has 1 atom stereocenters. The zero-order chi connectivity index (χ0) is 21.1. The lowest BCUT2D eigenvalue weighted by molar-refractivity contribution is -0.123. The molecule has 0 aliphatic carbocycles. The molecule has 1 N–H and O–H groups in total. The normalized spacial score (nSPS) is 17.7. The summed E-state index contributed by atoms with van der Waals surface area (Å²) in [4.78, 5) is 17.2. The lowest BCUT2D eigenvalue weighted by atomic mass is 10.0. The Morgan fingerprint density at radius 2 is 1.70 bits per heavy atom. The molecule has 160 valence electrons. The van der Waals surface area contributed by atoms with Gasteiger partial charge in [0.05, 0.1) is 12.6 Å². The van der Waals surface area contributed by atoms with Crippen molar-refractivity contribution in [3.8, 4) is 11.5 Å². The number of nitrogens with zero attached hydrogens (tertiary/aromatic N) is 2. The fourth-order valence-electron chi connectivity index (χ4n) is 4.01. The van der Waals surface area contributed by atoms with Gasteiger partial charge < -0.3 is 14.8 Å². The molecule has 1 saturated heterocycles. The molecule has 2 aliphatic heterocycles. The van der Waals surface area contributed by atoms with Gasteiger partial charge in [0.15, 0.2) is 11.5 Å². The first-order valence-corrected chi connectivity index (χ1v) is 10.7. The largest absolute Gasteiger partial charge is 0.454 e. The summed E-state index contributed by atoms with van der Waals surface area (Å²) < 4.78 is 10.9. The maximum absolute atomic E-state index is 12.5. The van der Waals surface area contributed by atoms with Crippen LogP contribution < -0.4 is 14.8 Å². The van der Waals surface area contributed by atoms with E-state index in [1.54, 1.807) is 0 Å². The number of hydrogen-bond donors (Lipinski definition) is 1. The fraction of sp³-hybridized carbons (Fsp3) is 0.458. The second kappa shape index (κ2) is 9.06. The van der Waals surface area contributed by atoms with Crippen LogP contribution in [-0.2, 0) is 11.3 Å². The van der Waals surface area contributed by atoms with Crippen molar-refractivity contribution in [2.24, 2.45) is 0 Å². The summed E-state index contributed by atoms with van der Waals surface area (Å²) in [6, 6.07) is 12.5. The van der Waals surface area contributed by atoms with E-state index in [1.165, 1.54) is 16.7 Å². The lowest BCUT2D eigenvalue weighted by Crippen LogP contribution is -2.49. The number of carbonyl (C=O) groups is 1. The van der Waals surface area contributed by atoms with Gasteiger partial charge in [-0.2, -0.15) is 0 Å². The second-order valence-electron chi connectivity index (χ2n) is 8.37. The van der Waals surface area contributed by atoms with Crippen LogP contribution in [0.3, 0.4) is 0 Å². The standard InChI is InChI=1S/C24H31N3O3/c1-17-4-6-21(12-18(17)2)19(3)25-24(28)15-27-10-8-26(9-11-27)14-20-5-7-22-23(13-20)30-16-29-22/h4-7,12-13,19H,8-11,14-16H2,1-3H3,(H,25,28)/t19-/m1/s1. The minimum absolute atomic E-state index is 0.0177. The molecule has 0 bridgehead atoms. The molecule has 0 spiro atoms. The van der Waals surface area contributed by atoms with Crippen LogP contribution >= 0.6 is 0 Å². The third-order valence-electron chi connectivity index (χ3n) is 6.08. The quantitative estimate of drug-likeness (QED) is 0.795. The molecule has 2 aromatic carbocycles. The molecule has 4 rings (SSSR count). The van der Waals surface area contributed by atoms with E-state index in [4.69, 9.17) is 9.47 Å². The minimum atomic E-state index is 0.0177. The van der Waals surface area contributed by atoms with E-state index < -0.39 is 0 Å². The molecular formula is C24H31N3O3. The molecule has 0 radical (unpaired) electrons. The third-order valence-corrected chi connectivity index (χ3v) is 6.08. The zero-order valence-electron chi connectivity index (χ0n) is 18.1. The first-order valence-electron chi connectivity index (χ1n) is 10.7. The van der Waals surface area contributed by atoms with Crippen LogP contribution in [0.15, 0.2) is 36.4 Å². The van der Waals surface area contributed by atoms with Crippen LogP contribution in [0.4, 0.5) is 0 Å². The number of fused-ring (bicyclic) bond motifs is 1. The summed E-state index contributed by atoms with van der Waals surface area (Å²) in [5.74, 6) is 1.75. The van der Waals surface area contributed by atoms with Crippen molar-refractivity contribution in [3.05, 3.63) is 58.7 Å². The number of amides is 1. The van der Waals surface area contributed by atoms with Crippen molar-refractivity contribution in [3.63, 3.8) is 0 Å². The van der Waals surface area contributed by atoms with E-state index in [2.05, 4.69) is 59.3 Å². The Morgan fingerprint density at radius 1 is 0.967 bits per heavy atom. The van der Waals surface area contributed by atoms with Crippen LogP contribution in [0.25, 0.3) is 0 Å². The van der Waals surface area contributed by atoms with Crippen LogP contribution in [0.2, 0.25) is 0 Å². The van der Waals surface area contributed by atoms with Gasteiger partial charge in [-0.1, -0.05) is 24.3 Å². The summed E-state index contributed by atoms with van der Waals surface area (Å²) in [6.45, 7) is 11.6. The van der Waals surface area contributed by atoms with Gasteiger partial charge in [0.1, 0.15) is 0 Å². The molecule has 6 nitrogen and oxygen atoms in total. The Morgan fingerprint density at radius 3 is 2.47 bits per heavy atom. The van der Waals surface area contributed by atoms with Gasteiger partial charge in [0.2, 0.25) is 12.7 Å². The predicted molar refractivity (Wildman–Crippen MR) is 117 cm³/mol. The smallest absolute Gasteiger partial charge is 0.234 e. The minimum Gasteiger partial charge on any atom is -0.454 e. The second-order valence-corrected chi connectivity index (χ2v) is 8.37. The van der Waals surface area contributed by atoms with Crippen molar-refractivity contribution in [2.75, 3.05) is 39.5 Å². The highest BCUT2D eigenvalue weighted by molar-refractivity contribution is 5.78. The number of piperazine rings is 1. The van der Waals surface area contributed by atoms with Gasteiger partial charge in [-0.05, 0) is 55.2 Å². The molecule has 6 heteroatoms. The van der Waals surface area contributed by atoms with Gasteiger partial charge >= 0.3 is 0 Å². The van der Waals surface area contributed by atoms with Crippen molar-refractivity contribution in [1.29, 1.82) is 0 Å². The van der Waals surface area contributed by atoms with E-state index in [-0.39, 0.29) is 11.9 Å². The van der Waals surface area contributed by atoms with Crippen molar-refractivity contribution >= 4 is 5.91 Å². The Hall–Kier alpha value is -2.57. The average Bonchev–Trinajstić information content (AvgIpc) is 3.19. The van der Waals surface area contributed by atoms with E-state index in [0.29, 0.717) is 13.3 Å². The zero-order valence-corrected chi connectivity index (χ0v) is 18.1. The number of hydrogen-bond acceptors (Lipinski definition) is 5. The SMILES string of the molecule is Cc1ccc([C@@H](C)NC(=O)CN2CCN(Cc3ccc4c(c3)OCO4)CC2)cc1C. The van der Waals surface area contributed by atoms with Gasteiger partial charge in [-0.3, -0.25) is 14.6 Å². The van der Waals surface area contributed by atoms with E-state index in [1.807, 2.05) is 13.0 Å². The summed E-state index contributed by atoms with van der Waals surface area (Å²) in [5, 5.41) is 3.15. The van der Waals surface area contributed by atoms with Gasteiger partial charge in [0.25, 0.3) is 0 Å². The molecule has 2 aromatic rings. The summed E-state index contributed by atoms with van der Waals surface area (Å²) in [6.07, 6.45) is 0. The van der Waals surface area contributed by atoms with Crippen LogP contribution in [-0.4, -0.2) is 55.2 Å². The number of benzene rings is 2. The molecule has 2 heterocycles. The number of ether oxygens (including phenoxy) is 2. The summed E-state index contributed by atoms with van der Waals surface area (Å²) >= 11 is 0. The van der Waals surface area contributed by atoms with E-state index in [9.17, 15) is 4.79 Å². The third kappa shape index (κ3) is 4.94. The monoisotopic (exact) mass is 409 g/mol. The van der Waals surface area contributed by atoms with Crippen molar-refractivity contribution in [2.45, 2.75) is 33.4 Å². The highest BCUT2D eigenvalue weighted by atomic mass is 16.7. The Bertz CT molecular complexity index is 907. The lowest BCUT2D eigenvalue weighted by Gasteiger charge is -2.34. The number of rotatable bonds is 6. The molecular weight excluding hydrogens is 378 g/mol. The van der Waals surface area contributed by atoms with Crippen molar-refractivity contribution in [1.82, 2.24) is 15.1 Å². The van der Waals surface area contributed by atoms with E-state index in [0.717, 1.165) is 49.8 Å². The van der Waals surface area contributed by atoms with Gasteiger partial charge in [-0.15, -0.1) is 0 Å². The molecule has 0 aromatic heterocycles. The van der Waals surface area contributed by atoms with Crippen LogP contribution in [0.1, 0.15) is 35.2 Å². The fourth-order valence-corrected chi connectivity index (χ4v) is 4.01. The van der Waals surface area contributed by atoms with Crippen molar-refractivity contribution < 1.29 is 14.3 Å². The molecule has 30 heavy (non-hydrogen) atoms. The first-order chi connectivity index (χ1) is 14.5. The average molecular weight is 410 g/mol. The molecule has 1 amide bonds. The number of nitrogens with one attached hydrogen (secondary N) is 1. The molecule has 1 fully saturated rings. The predicted octanol–water partition coefficient (Wildman–Crippen LogP) is 3.03. The Kier molecular flexibility index (Phi) is 6.25. The highest BCUT2D eigenvalue weighted by Gasteiger charge is 2.21. The highest BCUT2D eigenvalue weighted by Crippen LogP contribution is 2.32. The maximum atomic E-state index is 12.5. The molecule has 0 saturated carbocycles. The number of carbonyl (C=O) groups excluding carboxylic acids is 1. The van der Waals surface area contributed by atoms with Crippen LogP contribution in [0, 0.1) is 13.8 Å². The maximum Gasteiger partial charge on any atom is 0.234 e. The Labute approximate surface area is 178 Å². The summed E-state index contributed by atoms with van der Waals surface area (Å²) in [7, 11) is 0. The Balaban J connectivity index is 1.22. The van der Waals surface area contributed by atoms with Gasteiger partial charge in [0, 0.05) is 32.7 Å². The number of aryl methyl sites for hydroxylation is 2. The first kappa shape index (κ1) is 20.7. The molecule has 0 unspecified atom stereocenters. The molecule has 2 aliphatic rings. The summed E-state index contributed by atoms with van der Waals surface area (Å²) in [5.41, 5.74) is 4.91. The topological polar surface area (TPSA) is 54.0 Å². The van der Waals surface area contributed by atoms with E-state index >= 15 is 0 Å². The van der Waals surface area contributed by atoms with Crippen LogP contribution in [0.5, 0.6) is 11.5 Å². The van der Waals surface area contributed by atoms with Gasteiger partial charge in [-0.25, -0.2) is 0 Å².